The normalized spacial score (nSPS) is 13.9. The van der Waals surface area contributed by atoms with Crippen molar-refractivity contribution in [3.63, 3.8) is 0 Å². The Bertz CT molecular complexity index is 6710. The Balaban J connectivity index is 0.000000185. The third kappa shape index (κ3) is 27.2. The lowest BCUT2D eigenvalue weighted by atomic mass is 9.93. The molecule has 6 heterocycles. The third-order valence-corrected chi connectivity index (χ3v) is 27.6. The maximum atomic E-state index is 14.6. The molecule has 0 radical (unpaired) electrons. The van der Waals surface area contributed by atoms with Gasteiger partial charge in [-0.2, -0.15) is 15.3 Å². The molecule has 0 saturated carbocycles. The van der Waals surface area contributed by atoms with Crippen molar-refractivity contribution in [2.24, 2.45) is 0 Å². The zero-order valence-electron chi connectivity index (χ0n) is 86.6. The quantitative estimate of drug-likeness (QED) is 0.0175. The fourth-order valence-corrected chi connectivity index (χ4v) is 18.9. The smallest absolute Gasteiger partial charge is 0.323 e. The van der Waals surface area contributed by atoms with Crippen LogP contribution in [0.15, 0.2) is 200 Å². The highest BCUT2D eigenvalue weighted by Crippen LogP contribution is 2.36. The van der Waals surface area contributed by atoms with Gasteiger partial charge in [0.05, 0.1) is 71.7 Å². The van der Waals surface area contributed by atoms with Crippen molar-refractivity contribution in [3.05, 3.63) is 318 Å². The first kappa shape index (κ1) is 110. The summed E-state index contributed by atoms with van der Waals surface area (Å²) in [5.41, 5.74) is 16.3. The molecule has 0 unspecified atom stereocenters. The number of hydrogen-bond acceptors (Lipinski definition) is 15. The van der Waals surface area contributed by atoms with E-state index in [1.807, 2.05) is 140 Å². The average molecular weight is 2040 g/mol. The summed E-state index contributed by atoms with van der Waals surface area (Å²) in [4.78, 5) is 134. The number of carbonyl (C=O) groups excluding carboxylic acids is 9. The molecule has 9 N–H and O–H groups in total. The average Bonchev–Trinajstić information content (AvgIpc) is 1.42. The lowest BCUT2D eigenvalue weighted by Gasteiger charge is -2.36. The molecular formula is C115H137ClF2N18O12. The first-order valence-corrected chi connectivity index (χ1v) is 51.8. The molecule has 780 valence electrons. The van der Waals surface area contributed by atoms with Crippen LogP contribution < -0.4 is 31.9 Å². The number of halogens is 3. The Morgan fingerprint density at radius 3 is 0.993 bits per heavy atom. The van der Waals surface area contributed by atoms with E-state index >= 15 is 0 Å². The van der Waals surface area contributed by atoms with Gasteiger partial charge < -0.3 is 76.6 Å². The van der Waals surface area contributed by atoms with Gasteiger partial charge in [-0.05, 0) is 246 Å². The van der Waals surface area contributed by atoms with Crippen LogP contribution in [-0.4, -0.2) is 205 Å². The lowest BCUT2D eigenvalue weighted by Crippen LogP contribution is -2.46. The highest BCUT2D eigenvalue weighted by molar-refractivity contribution is 6.31. The number of carbonyl (C=O) groups is 9. The van der Waals surface area contributed by atoms with Crippen molar-refractivity contribution >= 4 is 99.3 Å². The number of anilines is 6. The number of para-hydroxylation sites is 1. The summed E-state index contributed by atoms with van der Waals surface area (Å²) < 4.78 is 31.9. The molecule has 3 aliphatic heterocycles. The second-order valence-electron chi connectivity index (χ2n) is 37.9. The second kappa shape index (κ2) is 52.5. The van der Waals surface area contributed by atoms with E-state index in [4.69, 9.17) is 21.8 Å². The largest absolute Gasteiger partial charge is 0.394 e. The molecule has 0 aliphatic carbocycles. The fraction of sp³-hybridized carbons (Fsp3) is 0.374. The van der Waals surface area contributed by atoms with Crippen LogP contribution in [0.3, 0.4) is 0 Å². The number of aliphatic hydroxyl groups excluding tert-OH is 3. The number of unbranched alkanes of at least 4 members (excludes halogenated alkanes) is 6. The summed E-state index contributed by atoms with van der Waals surface area (Å²) in [5.74, 6) is -3.64. The van der Waals surface area contributed by atoms with Crippen LogP contribution in [-0.2, 0) is 45.3 Å². The van der Waals surface area contributed by atoms with E-state index in [1.54, 1.807) is 121 Å². The number of hydrogen-bond donors (Lipinski definition) is 9. The van der Waals surface area contributed by atoms with E-state index in [9.17, 15) is 67.3 Å². The van der Waals surface area contributed by atoms with Gasteiger partial charge in [-0.3, -0.25) is 28.8 Å². The van der Waals surface area contributed by atoms with Crippen LogP contribution in [0.4, 0.5) is 57.3 Å². The van der Waals surface area contributed by atoms with Crippen LogP contribution in [0, 0.1) is 46.3 Å². The summed E-state index contributed by atoms with van der Waals surface area (Å²) in [7, 11) is 0. The first-order valence-electron chi connectivity index (χ1n) is 51.5. The molecule has 0 saturated heterocycles. The van der Waals surface area contributed by atoms with Gasteiger partial charge in [0.1, 0.15) is 0 Å². The number of rotatable bonds is 37. The van der Waals surface area contributed by atoms with Crippen LogP contribution in [0.5, 0.6) is 0 Å². The summed E-state index contributed by atoms with van der Waals surface area (Å²) in [6, 6.07) is 54.9. The summed E-state index contributed by atoms with van der Waals surface area (Å²) >= 11 is 6.25. The molecule has 0 fully saturated rings. The highest BCUT2D eigenvalue weighted by Gasteiger charge is 2.38. The molecule has 3 atom stereocenters. The van der Waals surface area contributed by atoms with Gasteiger partial charge >= 0.3 is 18.1 Å². The SMILES string of the molecule is CCCCN(CCCC)C(=O)c1cc(C)n(-c2ccc(NC(=O)Nc3c(C)cccc3CC)cc2C(=O)N2Cc3ccccc3C[C@H]2CO)n1.CCCCN(CCCC)C(=O)c1cc(C)n(-c2ccc(NC(=O)Nc3ccc(F)c(F)c3)cc2C(=O)N2Cc3ccccc3C[C@H]2CO)n1.CCCCN(CCCC)C(=O)c1cc(C)n(-c2ccc(NC(=O)Nc3cccc(Cl)c3C)cc2C(=O)N2Cc3ccccc3C[C@H]2CO)n1. The van der Waals surface area contributed by atoms with E-state index in [1.165, 1.54) is 12.1 Å². The van der Waals surface area contributed by atoms with E-state index in [0.29, 0.717) is 145 Å². The van der Waals surface area contributed by atoms with Gasteiger partial charge in [0.15, 0.2) is 28.7 Å². The molecule has 148 heavy (non-hydrogen) atoms. The minimum absolute atomic E-state index is 0.0402. The summed E-state index contributed by atoms with van der Waals surface area (Å²) in [5, 5.41) is 62.5. The van der Waals surface area contributed by atoms with E-state index in [-0.39, 0.29) is 84.1 Å². The van der Waals surface area contributed by atoms with Gasteiger partial charge in [0, 0.05) is 121 Å². The number of aromatic nitrogens is 6. The Morgan fingerprint density at radius 1 is 0.358 bits per heavy atom. The maximum absolute atomic E-state index is 14.6. The van der Waals surface area contributed by atoms with Crippen LogP contribution in [0.2, 0.25) is 5.02 Å². The Hall–Kier alpha value is -14.7. The van der Waals surface area contributed by atoms with Crippen LogP contribution in [0.25, 0.3) is 17.1 Å². The van der Waals surface area contributed by atoms with Crippen LogP contribution in [0.1, 0.15) is 255 Å². The molecular weight excluding hydrogens is 1900 g/mol. The minimum Gasteiger partial charge on any atom is -0.394 e. The lowest BCUT2D eigenvalue weighted by molar-refractivity contribution is 0.0539. The fourth-order valence-electron chi connectivity index (χ4n) is 18.7. The number of aliphatic hydroxyl groups is 3. The van der Waals surface area contributed by atoms with Gasteiger partial charge in [0.25, 0.3) is 35.4 Å². The zero-order chi connectivity index (χ0) is 106. The maximum Gasteiger partial charge on any atom is 0.323 e. The monoisotopic (exact) mass is 2040 g/mol. The van der Waals surface area contributed by atoms with Gasteiger partial charge in [-0.15, -0.1) is 0 Å². The highest BCUT2D eigenvalue weighted by atomic mass is 35.5. The van der Waals surface area contributed by atoms with Gasteiger partial charge in [0.2, 0.25) is 0 Å². The topological polar surface area (TPSA) is 359 Å². The summed E-state index contributed by atoms with van der Waals surface area (Å²) in [6.45, 7) is 28.0. The van der Waals surface area contributed by atoms with Crippen molar-refractivity contribution in [2.75, 3.05) is 91.0 Å². The van der Waals surface area contributed by atoms with E-state index < -0.39 is 53.8 Å². The molecule has 9 aromatic carbocycles. The number of urea groups is 3. The predicted octanol–water partition coefficient (Wildman–Crippen LogP) is 21.4. The van der Waals surface area contributed by atoms with Gasteiger partial charge in [-0.25, -0.2) is 37.2 Å². The van der Waals surface area contributed by atoms with Crippen molar-refractivity contribution < 1.29 is 67.3 Å². The van der Waals surface area contributed by atoms with Gasteiger partial charge in [-0.1, -0.05) is 196 Å². The molecule has 15 rings (SSSR count). The Labute approximate surface area is 869 Å². The molecule has 30 nitrogen and oxygen atoms in total. The number of aryl methyl sites for hydroxylation is 5. The molecule has 12 aromatic rings. The molecule has 12 amide bonds. The predicted molar refractivity (Wildman–Crippen MR) is 576 cm³/mol. The number of amides is 12. The zero-order valence-corrected chi connectivity index (χ0v) is 87.4. The first-order chi connectivity index (χ1) is 71.4. The summed E-state index contributed by atoms with van der Waals surface area (Å²) in [6.07, 6.45) is 13.4. The second-order valence-corrected chi connectivity index (χ2v) is 38.3. The Morgan fingerprint density at radius 2 is 0.669 bits per heavy atom. The number of fused-ring (bicyclic) bond motifs is 3. The molecule has 0 spiro atoms. The van der Waals surface area contributed by atoms with Crippen molar-refractivity contribution in [1.82, 2.24) is 58.7 Å². The third-order valence-electron chi connectivity index (χ3n) is 27.2. The molecule has 33 heteroatoms. The molecule has 3 aromatic heterocycles. The number of benzene rings is 9. The Kier molecular flexibility index (Phi) is 39.2. The van der Waals surface area contributed by atoms with Crippen molar-refractivity contribution in [2.45, 2.75) is 224 Å². The molecule has 3 aliphatic rings. The number of nitrogens with zero attached hydrogens (tertiary/aromatic N) is 12. The standard InChI is InChI=1S/C40H50N6O4.C38H45ClN6O4.C37H42F2N6O4/c1-6-9-20-44(21-10-7-2)39(49)35-22-28(5)46(43-35)36-19-18-32(41-40(50)42-37-27(4)14-13-17-29(37)8-3)24-34(36)38(48)45-25-31-16-12-11-15-30(31)23-33(45)26-47;1-5-7-18-43(19-8-6-2)37(48)34-20-25(3)45(42-34)35-17-16-29(40-38(49)41-33-15-11-14-32(39)26(33)4)22-31(35)36(47)44-23-28-13-10-9-12-27(28)21-30(44)24-46;1-4-6-16-43(17-7-5-2)36(48)33-18-24(3)45(42-33)34-15-13-27(40-37(49)41-28-12-14-31(38)32(39)21-28)20-30(34)35(47)44-22-26-11-9-8-10-25(26)19-29(44)23-46/h11-19,22,24,33,47H,6-10,20-21,23,25-26H2,1-5H3,(H2,41,42,50);9-17,20,22,30,46H,5-8,18-19,21,23-24H2,1-4H3,(H2,40,41,49);8-15,18,20-21,29,46H,4-7,16-17,19,22-23H2,1-3H3,(H2,40,41,49)/t33-;30-;29-/m000/s1. The minimum atomic E-state index is -1.11. The van der Waals surface area contributed by atoms with E-state index in [0.717, 1.165) is 151 Å². The van der Waals surface area contributed by atoms with Crippen molar-refractivity contribution in [1.29, 1.82) is 0 Å². The molecule has 0 bridgehead atoms. The number of nitrogens with one attached hydrogen (secondary N) is 6. The van der Waals surface area contributed by atoms with Crippen molar-refractivity contribution in [3.8, 4) is 17.1 Å². The van der Waals surface area contributed by atoms with E-state index in [2.05, 4.69) is 78.5 Å². The van der Waals surface area contributed by atoms with Crippen LogP contribution >= 0.6 is 11.6 Å².